The molecule has 0 aromatic rings. The molecule has 0 saturated carbocycles. The molecule has 0 spiro atoms. The molecule has 0 aliphatic rings. The number of carbonyl (C=O) groups is 2. The number of hydrogen-bond acceptors (Lipinski definition) is 8. The van der Waals surface area contributed by atoms with Crippen LogP contribution < -0.4 is 5.73 Å². The van der Waals surface area contributed by atoms with Crippen molar-refractivity contribution in [3.05, 3.63) is 60.8 Å². The summed E-state index contributed by atoms with van der Waals surface area (Å²) in [4.78, 5) is 34.8. The van der Waals surface area contributed by atoms with Gasteiger partial charge in [-0.25, -0.2) is 4.57 Å². The smallest absolute Gasteiger partial charge is 0.462 e. The second-order valence-electron chi connectivity index (χ2n) is 13.5. The number of phosphoric ester groups is 1. The summed E-state index contributed by atoms with van der Waals surface area (Å²) in [5.74, 6) is -0.862. The standard InChI is InChI=1S/C43H76NO8P/c1-3-5-7-9-11-13-15-17-19-20-22-24-26-28-30-32-34-36-43(46)52-41(40-51-53(47,48)50-38-37-44)39-49-42(45)35-33-31-29-27-25-23-21-18-16-14-12-10-8-6-4-2/h6,8,11-14,17-19,21,41H,3-5,7,9-10,15-16,20,22-40,44H2,1-2H3,(H,47,48)/b8-6+,13-11+,14-12+,19-17+,21-18+/t41-/m1/s1. The first-order chi connectivity index (χ1) is 25.8. The second-order valence-corrected chi connectivity index (χ2v) is 14.9. The van der Waals surface area contributed by atoms with E-state index in [0.29, 0.717) is 12.8 Å². The van der Waals surface area contributed by atoms with Crippen LogP contribution in [0.3, 0.4) is 0 Å². The van der Waals surface area contributed by atoms with Gasteiger partial charge in [-0.05, 0) is 77.0 Å². The number of unbranched alkanes of at least 4 members (excludes halogenated alkanes) is 15. The van der Waals surface area contributed by atoms with Gasteiger partial charge in [0, 0.05) is 19.4 Å². The lowest BCUT2D eigenvalue weighted by Crippen LogP contribution is -2.29. The molecule has 0 heterocycles. The van der Waals surface area contributed by atoms with Crippen molar-refractivity contribution < 1.29 is 37.6 Å². The third kappa shape index (κ3) is 39.2. The first kappa shape index (κ1) is 50.7. The Hall–Kier alpha value is -2.29. The third-order valence-electron chi connectivity index (χ3n) is 8.39. The van der Waals surface area contributed by atoms with Gasteiger partial charge in [0.15, 0.2) is 6.10 Å². The van der Waals surface area contributed by atoms with Gasteiger partial charge in [0.1, 0.15) is 6.61 Å². The van der Waals surface area contributed by atoms with Gasteiger partial charge in [0.05, 0.1) is 13.2 Å². The largest absolute Gasteiger partial charge is 0.472 e. The lowest BCUT2D eigenvalue weighted by molar-refractivity contribution is -0.161. The Morgan fingerprint density at radius 2 is 1.04 bits per heavy atom. The first-order valence-corrected chi connectivity index (χ1v) is 22.3. The number of hydrogen-bond donors (Lipinski definition) is 2. The molecule has 306 valence electrons. The molecule has 0 aliphatic carbocycles. The SMILES string of the molecule is CC/C=C/C/C=C/C/C=C/CCCCCCCC(=O)OC[C@H](COP(=O)(O)OCCN)OC(=O)CCCCCCCCC/C=C/C/C=C/CCCCC. The van der Waals surface area contributed by atoms with Crippen LogP contribution in [0.1, 0.15) is 168 Å². The van der Waals surface area contributed by atoms with Crippen molar-refractivity contribution in [1.29, 1.82) is 0 Å². The molecule has 0 radical (unpaired) electrons. The summed E-state index contributed by atoms with van der Waals surface area (Å²) in [5.41, 5.74) is 5.34. The van der Waals surface area contributed by atoms with E-state index in [2.05, 4.69) is 74.6 Å². The summed E-state index contributed by atoms with van der Waals surface area (Å²) >= 11 is 0. The van der Waals surface area contributed by atoms with E-state index in [1.807, 2.05) is 0 Å². The van der Waals surface area contributed by atoms with E-state index in [9.17, 15) is 19.0 Å². The fourth-order valence-electron chi connectivity index (χ4n) is 5.32. The minimum absolute atomic E-state index is 0.0468. The van der Waals surface area contributed by atoms with Crippen molar-refractivity contribution in [2.24, 2.45) is 5.73 Å². The number of allylic oxidation sites excluding steroid dienone is 10. The van der Waals surface area contributed by atoms with Crippen LogP contribution in [-0.4, -0.2) is 49.3 Å². The average molecular weight is 766 g/mol. The molecule has 2 atom stereocenters. The van der Waals surface area contributed by atoms with E-state index in [0.717, 1.165) is 83.5 Å². The van der Waals surface area contributed by atoms with E-state index < -0.39 is 32.5 Å². The highest BCUT2D eigenvalue weighted by molar-refractivity contribution is 7.47. The highest BCUT2D eigenvalue weighted by Gasteiger charge is 2.26. The van der Waals surface area contributed by atoms with Crippen molar-refractivity contribution in [2.45, 2.75) is 174 Å². The maximum Gasteiger partial charge on any atom is 0.472 e. The molecule has 0 bridgehead atoms. The monoisotopic (exact) mass is 766 g/mol. The summed E-state index contributed by atoms with van der Waals surface area (Å²) in [6.07, 6.45) is 45.3. The molecule has 0 rings (SSSR count). The van der Waals surface area contributed by atoms with Gasteiger partial charge in [0.2, 0.25) is 0 Å². The van der Waals surface area contributed by atoms with Gasteiger partial charge in [-0.15, -0.1) is 0 Å². The summed E-state index contributed by atoms with van der Waals surface area (Å²) < 4.78 is 32.7. The van der Waals surface area contributed by atoms with Gasteiger partial charge >= 0.3 is 19.8 Å². The Morgan fingerprint density at radius 1 is 0.585 bits per heavy atom. The quantitative estimate of drug-likeness (QED) is 0.0272. The molecule has 10 heteroatoms. The van der Waals surface area contributed by atoms with Crippen LogP contribution in [0.4, 0.5) is 0 Å². The van der Waals surface area contributed by atoms with Gasteiger partial charge in [-0.3, -0.25) is 18.6 Å². The lowest BCUT2D eigenvalue weighted by Gasteiger charge is -2.19. The van der Waals surface area contributed by atoms with Crippen molar-refractivity contribution in [1.82, 2.24) is 0 Å². The van der Waals surface area contributed by atoms with E-state index in [-0.39, 0.29) is 32.6 Å². The van der Waals surface area contributed by atoms with E-state index in [4.69, 9.17) is 24.3 Å². The van der Waals surface area contributed by atoms with E-state index >= 15 is 0 Å². The minimum Gasteiger partial charge on any atom is -0.462 e. The summed E-state index contributed by atoms with van der Waals surface area (Å²) in [7, 11) is -4.38. The number of rotatable bonds is 38. The van der Waals surface area contributed by atoms with Crippen molar-refractivity contribution >= 4 is 19.8 Å². The second kappa shape index (κ2) is 39.4. The number of carbonyl (C=O) groups excluding carboxylic acids is 2. The molecular formula is C43H76NO8P. The Labute approximate surface area is 323 Å². The van der Waals surface area contributed by atoms with Crippen LogP contribution in [0.5, 0.6) is 0 Å². The minimum atomic E-state index is -4.38. The van der Waals surface area contributed by atoms with E-state index in [1.165, 1.54) is 44.9 Å². The first-order valence-electron chi connectivity index (χ1n) is 20.8. The molecule has 0 aromatic carbocycles. The number of ether oxygens (including phenoxy) is 2. The molecule has 1 unspecified atom stereocenters. The van der Waals surface area contributed by atoms with Gasteiger partial charge in [-0.2, -0.15) is 0 Å². The van der Waals surface area contributed by atoms with Crippen LogP contribution in [0.2, 0.25) is 0 Å². The van der Waals surface area contributed by atoms with E-state index in [1.54, 1.807) is 0 Å². The Kier molecular flexibility index (Phi) is 37.7. The van der Waals surface area contributed by atoms with Crippen LogP contribution >= 0.6 is 7.82 Å². The van der Waals surface area contributed by atoms with Crippen LogP contribution in [0, 0.1) is 0 Å². The molecule has 0 fully saturated rings. The number of phosphoric acid groups is 1. The average Bonchev–Trinajstić information content (AvgIpc) is 3.14. The van der Waals surface area contributed by atoms with Gasteiger partial charge in [0.25, 0.3) is 0 Å². The van der Waals surface area contributed by atoms with Gasteiger partial charge in [-0.1, -0.05) is 139 Å². The summed E-state index contributed by atoms with van der Waals surface area (Å²) in [6.45, 7) is 3.55. The van der Waals surface area contributed by atoms with Crippen LogP contribution in [0.15, 0.2) is 60.8 Å². The zero-order valence-corrected chi connectivity index (χ0v) is 34.4. The molecule has 0 aromatic heterocycles. The van der Waals surface area contributed by atoms with Crippen molar-refractivity contribution in [3.63, 3.8) is 0 Å². The zero-order valence-electron chi connectivity index (χ0n) is 33.5. The molecular weight excluding hydrogens is 689 g/mol. The molecule has 53 heavy (non-hydrogen) atoms. The fourth-order valence-corrected chi connectivity index (χ4v) is 6.09. The lowest BCUT2D eigenvalue weighted by atomic mass is 10.1. The molecule has 0 amide bonds. The Bertz CT molecular complexity index is 1050. The normalized spacial score (nSPS) is 14.0. The van der Waals surface area contributed by atoms with Gasteiger partial charge < -0.3 is 20.1 Å². The predicted molar refractivity (Wildman–Crippen MR) is 219 cm³/mol. The highest BCUT2D eigenvalue weighted by Crippen LogP contribution is 2.43. The maximum absolute atomic E-state index is 12.6. The Morgan fingerprint density at radius 3 is 1.55 bits per heavy atom. The zero-order chi connectivity index (χ0) is 38.9. The predicted octanol–water partition coefficient (Wildman–Crippen LogP) is 11.7. The molecule has 0 saturated heterocycles. The Balaban J connectivity index is 4.22. The maximum atomic E-state index is 12.6. The topological polar surface area (TPSA) is 134 Å². The summed E-state index contributed by atoms with van der Waals surface area (Å²) in [6, 6.07) is 0. The van der Waals surface area contributed by atoms with Crippen LogP contribution in [-0.2, 0) is 32.7 Å². The number of nitrogens with two attached hydrogens (primary N) is 1. The fraction of sp³-hybridized carbons (Fsp3) is 0.721. The third-order valence-corrected chi connectivity index (χ3v) is 9.37. The van der Waals surface area contributed by atoms with Crippen molar-refractivity contribution in [2.75, 3.05) is 26.4 Å². The molecule has 9 nitrogen and oxygen atoms in total. The van der Waals surface area contributed by atoms with Crippen molar-refractivity contribution in [3.8, 4) is 0 Å². The van der Waals surface area contributed by atoms with Crippen LogP contribution in [0.25, 0.3) is 0 Å². The molecule has 3 N–H and O–H groups in total. The number of esters is 2. The molecule has 0 aliphatic heterocycles. The highest BCUT2D eigenvalue weighted by atomic mass is 31.2. The summed E-state index contributed by atoms with van der Waals surface area (Å²) in [5, 5.41) is 0.